The van der Waals surface area contributed by atoms with Crippen molar-refractivity contribution in [2.45, 2.75) is 19.4 Å². The summed E-state index contributed by atoms with van der Waals surface area (Å²) in [6, 6.07) is 5.86. The molecule has 0 atom stereocenters. The zero-order chi connectivity index (χ0) is 17.2. The third-order valence-corrected chi connectivity index (χ3v) is 3.13. The van der Waals surface area contributed by atoms with E-state index < -0.39 is 10.5 Å². The number of carbonyl (C=O) groups excluding carboxylic acids is 1. The fraction of sp³-hybridized carbons (Fsp3) is 0.333. The standard InChI is InChI=1S/C15H18N4O4/c1-15(2,21)10-17(3)14(20)11-8-16-18(9-11)12-4-6-13(7-5-12)19(22)23/h4-9,21H,10H2,1-3H3. The molecular weight excluding hydrogens is 300 g/mol. The van der Waals surface area contributed by atoms with Gasteiger partial charge in [-0.05, 0) is 26.0 Å². The van der Waals surface area contributed by atoms with Crippen molar-refractivity contribution < 1.29 is 14.8 Å². The Morgan fingerprint density at radius 3 is 2.52 bits per heavy atom. The number of nitrogens with zero attached hydrogens (tertiary/aromatic N) is 4. The molecule has 1 aromatic heterocycles. The molecule has 1 heterocycles. The van der Waals surface area contributed by atoms with Gasteiger partial charge in [0.05, 0.1) is 28.0 Å². The molecule has 1 amide bonds. The summed E-state index contributed by atoms with van der Waals surface area (Å²) >= 11 is 0. The normalized spacial score (nSPS) is 11.3. The maximum Gasteiger partial charge on any atom is 0.269 e. The summed E-state index contributed by atoms with van der Waals surface area (Å²) in [6.07, 6.45) is 2.97. The van der Waals surface area contributed by atoms with Crippen molar-refractivity contribution in [2.75, 3.05) is 13.6 Å². The molecule has 0 saturated carbocycles. The van der Waals surface area contributed by atoms with Gasteiger partial charge >= 0.3 is 0 Å². The van der Waals surface area contributed by atoms with Gasteiger partial charge in [0.15, 0.2) is 0 Å². The number of carbonyl (C=O) groups is 1. The highest BCUT2D eigenvalue weighted by Gasteiger charge is 2.21. The Balaban J connectivity index is 2.17. The lowest BCUT2D eigenvalue weighted by Crippen LogP contribution is -2.39. The van der Waals surface area contributed by atoms with Gasteiger partial charge in [0.2, 0.25) is 0 Å². The fourth-order valence-electron chi connectivity index (χ4n) is 2.17. The van der Waals surface area contributed by atoms with Gasteiger partial charge in [-0.15, -0.1) is 0 Å². The largest absolute Gasteiger partial charge is 0.389 e. The number of nitro groups is 1. The summed E-state index contributed by atoms with van der Waals surface area (Å²) in [5.74, 6) is -0.264. The van der Waals surface area contributed by atoms with Gasteiger partial charge in [0.1, 0.15) is 0 Å². The number of aromatic nitrogens is 2. The van der Waals surface area contributed by atoms with E-state index in [1.807, 2.05) is 0 Å². The Labute approximate surface area is 133 Å². The smallest absolute Gasteiger partial charge is 0.269 e. The fourth-order valence-corrected chi connectivity index (χ4v) is 2.17. The minimum absolute atomic E-state index is 0.0119. The van der Waals surface area contributed by atoms with Crippen LogP contribution < -0.4 is 0 Å². The SMILES string of the molecule is CN(CC(C)(C)O)C(=O)c1cnn(-c2ccc([N+](=O)[O-])cc2)c1. The van der Waals surface area contributed by atoms with Crippen LogP contribution in [0.2, 0.25) is 0 Å². The number of benzene rings is 1. The van der Waals surface area contributed by atoms with Crippen LogP contribution in [0.15, 0.2) is 36.7 Å². The third-order valence-electron chi connectivity index (χ3n) is 3.13. The zero-order valence-corrected chi connectivity index (χ0v) is 13.1. The van der Waals surface area contributed by atoms with Crippen molar-refractivity contribution in [1.82, 2.24) is 14.7 Å². The molecule has 2 aromatic rings. The molecule has 0 saturated heterocycles. The summed E-state index contributed by atoms with van der Waals surface area (Å²) in [4.78, 5) is 23.9. The van der Waals surface area contributed by atoms with Crippen LogP contribution in [0, 0.1) is 10.1 Å². The van der Waals surface area contributed by atoms with Crippen LogP contribution in [0.1, 0.15) is 24.2 Å². The van der Waals surface area contributed by atoms with Crippen molar-refractivity contribution in [3.05, 3.63) is 52.3 Å². The van der Waals surface area contributed by atoms with Gasteiger partial charge in [-0.25, -0.2) is 4.68 Å². The maximum absolute atomic E-state index is 12.3. The van der Waals surface area contributed by atoms with E-state index in [1.54, 1.807) is 39.2 Å². The molecule has 8 nitrogen and oxygen atoms in total. The number of hydrogen-bond donors (Lipinski definition) is 1. The van der Waals surface area contributed by atoms with Gasteiger partial charge in [0, 0.05) is 31.9 Å². The minimum atomic E-state index is -0.987. The molecule has 0 aliphatic rings. The summed E-state index contributed by atoms with van der Waals surface area (Å²) < 4.78 is 1.47. The van der Waals surface area contributed by atoms with E-state index >= 15 is 0 Å². The molecule has 1 aromatic carbocycles. The average molecular weight is 318 g/mol. The first-order valence-corrected chi connectivity index (χ1v) is 6.95. The monoisotopic (exact) mass is 318 g/mol. The molecule has 1 N–H and O–H groups in total. The highest BCUT2D eigenvalue weighted by atomic mass is 16.6. The average Bonchev–Trinajstić information content (AvgIpc) is 2.94. The van der Waals surface area contributed by atoms with E-state index in [0.29, 0.717) is 11.3 Å². The number of likely N-dealkylation sites (N-methyl/N-ethyl adjacent to an activating group) is 1. The number of nitro benzene ring substituents is 1. The van der Waals surface area contributed by atoms with Gasteiger partial charge in [-0.3, -0.25) is 14.9 Å². The van der Waals surface area contributed by atoms with Crippen LogP contribution in [-0.2, 0) is 0 Å². The quantitative estimate of drug-likeness (QED) is 0.667. The Morgan fingerprint density at radius 1 is 1.39 bits per heavy atom. The van der Waals surface area contributed by atoms with Gasteiger partial charge < -0.3 is 10.0 Å². The second-order valence-electron chi connectivity index (χ2n) is 5.92. The molecule has 8 heteroatoms. The van der Waals surface area contributed by atoms with Crippen LogP contribution in [0.25, 0.3) is 5.69 Å². The minimum Gasteiger partial charge on any atom is -0.389 e. The summed E-state index contributed by atoms with van der Waals surface area (Å²) in [7, 11) is 1.60. The Kier molecular flexibility index (Phi) is 4.46. The highest BCUT2D eigenvalue weighted by Crippen LogP contribution is 2.16. The van der Waals surface area contributed by atoms with Gasteiger partial charge in [0.25, 0.3) is 11.6 Å². The molecule has 0 aliphatic carbocycles. The Hall–Kier alpha value is -2.74. The van der Waals surface area contributed by atoms with Crippen LogP contribution in [0.4, 0.5) is 5.69 Å². The molecule has 0 fully saturated rings. The van der Waals surface area contributed by atoms with E-state index in [-0.39, 0.29) is 18.1 Å². The number of non-ortho nitro benzene ring substituents is 1. The number of amides is 1. The molecule has 0 radical (unpaired) electrons. The first kappa shape index (κ1) is 16.6. The van der Waals surface area contributed by atoms with E-state index in [0.717, 1.165) is 0 Å². The second kappa shape index (κ2) is 6.17. The lowest BCUT2D eigenvalue weighted by atomic mass is 10.1. The molecule has 2 rings (SSSR count). The first-order chi connectivity index (χ1) is 10.7. The Bertz CT molecular complexity index is 716. The van der Waals surface area contributed by atoms with E-state index in [4.69, 9.17) is 0 Å². The molecule has 0 unspecified atom stereocenters. The van der Waals surface area contributed by atoms with Crippen LogP contribution in [0.3, 0.4) is 0 Å². The highest BCUT2D eigenvalue weighted by molar-refractivity contribution is 5.93. The maximum atomic E-state index is 12.3. The zero-order valence-electron chi connectivity index (χ0n) is 13.1. The van der Waals surface area contributed by atoms with Crippen molar-refractivity contribution in [3.63, 3.8) is 0 Å². The lowest BCUT2D eigenvalue weighted by molar-refractivity contribution is -0.384. The molecule has 23 heavy (non-hydrogen) atoms. The summed E-state index contributed by atoms with van der Waals surface area (Å²) in [5, 5.41) is 24.5. The summed E-state index contributed by atoms with van der Waals surface area (Å²) in [6.45, 7) is 3.43. The molecule has 0 spiro atoms. The van der Waals surface area contributed by atoms with Crippen molar-refractivity contribution in [3.8, 4) is 5.69 Å². The van der Waals surface area contributed by atoms with Crippen molar-refractivity contribution >= 4 is 11.6 Å². The third kappa shape index (κ3) is 4.13. The second-order valence-corrected chi connectivity index (χ2v) is 5.92. The van der Waals surface area contributed by atoms with E-state index in [9.17, 15) is 20.0 Å². The van der Waals surface area contributed by atoms with E-state index in [1.165, 1.54) is 27.9 Å². The van der Waals surface area contributed by atoms with Gasteiger partial charge in [-0.1, -0.05) is 0 Å². The predicted octanol–water partition coefficient (Wildman–Crippen LogP) is 1.62. The number of hydrogen-bond acceptors (Lipinski definition) is 5. The van der Waals surface area contributed by atoms with Crippen LogP contribution in [-0.4, -0.2) is 49.8 Å². The summed E-state index contributed by atoms with van der Waals surface area (Å²) in [5.41, 5.74) is -0.0179. The first-order valence-electron chi connectivity index (χ1n) is 6.95. The van der Waals surface area contributed by atoms with E-state index in [2.05, 4.69) is 5.10 Å². The van der Waals surface area contributed by atoms with Crippen LogP contribution in [0.5, 0.6) is 0 Å². The molecule has 0 bridgehead atoms. The van der Waals surface area contributed by atoms with Gasteiger partial charge in [-0.2, -0.15) is 5.10 Å². The van der Waals surface area contributed by atoms with Crippen molar-refractivity contribution in [2.24, 2.45) is 0 Å². The molecule has 122 valence electrons. The van der Waals surface area contributed by atoms with Crippen molar-refractivity contribution in [1.29, 1.82) is 0 Å². The van der Waals surface area contributed by atoms with Crippen LogP contribution >= 0.6 is 0 Å². The number of aliphatic hydroxyl groups is 1. The Morgan fingerprint density at radius 2 is 2.00 bits per heavy atom. The topological polar surface area (TPSA) is 102 Å². The predicted molar refractivity (Wildman–Crippen MR) is 83.5 cm³/mol. The molecule has 0 aliphatic heterocycles. The number of rotatable bonds is 5. The molecular formula is C15H18N4O4. The lowest BCUT2D eigenvalue weighted by Gasteiger charge is -2.25.